The number of methoxy groups -OCH3 is 2. The van der Waals surface area contributed by atoms with Gasteiger partial charge in [-0.2, -0.15) is 0 Å². The Bertz CT molecular complexity index is 1400. The maximum Gasteiger partial charge on any atom is 0.312 e. The Kier molecular flexibility index (Phi) is 4.62. The van der Waals surface area contributed by atoms with Crippen LogP contribution in [0.25, 0.3) is 22.1 Å². The third kappa shape index (κ3) is 2.99. The normalized spacial score (nSPS) is 15.3. The van der Waals surface area contributed by atoms with Gasteiger partial charge in [0, 0.05) is 11.6 Å². The summed E-state index contributed by atoms with van der Waals surface area (Å²) in [6, 6.07) is 9.74. The zero-order valence-electron chi connectivity index (χ0n) is 17.2. The Balaban J connectivity index is 1.75. The van der Waals surface area contributed by atoms with E-state index in [1.54, 1.807) is 30.3 Å². The summed E-state index contributed by atoms with van der Waals surface area (Å²) < 4.78 is 27.3. The lowest BCUT2D eigenvalue weighted by Crippen LogP contribution is -2.21. The fourth-order valence-corrected chi connectivity index (χ4v) is 4.07. The van der Waals surface area contributed by atoms with Crippen molar-refractivity contribution in [2.45, 2.75) is 12.3 Å². The third-order valence-electron chi connectivity index (χ3n) is 5.55. The molecule has 8 heteroatoms. The molecule has 0 bridgehead atoms. The minimum absolute atomic E-state index is 0.00876. The summed E-state index contributed by atoms with van der Waals surface area (Å²) in [5.41, 5.74) is 0.945. The molecule has 0 radical (unpaired) electrons. The van der Waals surface area contributed by atoms with Gasteiger partial charge in [-0.15, -0.1) is 0 Å². The number of phenols is 1. The second-order valence-electron chi connectivity index (χ2n) is 7.31. The fraction of sp³-hybridized carbons (Fsp3) is 0.167. The average Bonchev–Trinajstić information content (AvgIpc) is 3.32. The maximum absolute atomic E-state index is 13.4. The van der Waals surface area contributed by atoms with Gasteiger partial charge in [0.2, 0.25) is 5.43 Å². The predicted octanol–water partition coefficient (Wildman–Crippen LogP) is 4.22. The topological polar surface area (TPSA) is 108 Å². The highest BCUT2D eigenvalue weighted by molar-refractivity contribution is 5.94. The first-order valence-corrected chi connectivity index (χ1v) is 9.79. The first-order chi connectivity index (χ1) is 15.5. The Hall–Kier alpha value is -4.20. The number of phenolic OH excluding ortho intramolecular Hbond substituents is 1. The van der Waals surface area contributed by atoms with Crippen molar-refractivity contribution >= 4 is 16.9 Å². The zero-order chi connectivity index (χ0) is 22.4. The number of hydrogen-bond acceptors (Lipinski definition) is 8. The summed E-state index contributed by atoms with van der Waals surface area (Å²) in [6.07, 6.45) is 2.84. The lowest BCUT2D eigenvalue weighted by molar-refractivity contribution is -0.135. The molecule has 0 saturated carbocycles. The van der Waals surface area contributed by atoms with Crippen LogP contribution in [0, 0.1) is 0 Å². The van der Waals surface area contributed by atoms with Gasteiger partial charge in [0.1, 0.15) is 34.5 Å². The lowest BCUT2D eigenvalue weighted by Gasteiger charge is -2.24. The Morgan fingerprint density at radius 1 is 1.03 bits per heavy atom. The number of hydrogen-bond donors (Lipinski definition) is 1. The second kappa shape index (κ2) is 7.49. The van der Waals surface area contributed by atoms with E-state index in [0.717, 1.165) is 0 Å². The molecule has 0 fully saturated rings. The van der Waals surface area contributed by atoms with Crippen LogP contribution in [-0.2, 0) is 4.79 Å². The molecule has 5 rings (SSSR count). The lowest BCUT2D eigenvalue weighted by atomic mass is 9.88. The number of carbonyl (C=O) groups is 1. The van der Waals surface area contributed by atoms with Crippen molar-refractivity contribution in [3.63, 3.8) is 0 Å². The van der Waals surface area contributed by atoms with Crippen LogP contribution >= 0.6 is 0 Å². The summed E-state index contributed by atoms with van der Waals surface area (Å²) in [7, 11) is 3.02. The molecule has 0 unspecified atom stereocenters. The van der Waals surface area contributed by atoms with Gasteiger partial charge in [0.05, 0.1) is 38.4 Å². The Morgan fingerprint density at radius 2 is 1.84 bits per heavy atom. The molecule has 8 nitrogen and oxygen atoms in total. The number of esters is 1. The first-order valence-electron chi connectivity index (χ1n) is 9.79. The number of aromatic hydroxyl groups is 1. The van der Waals surface area contributed by atoms with Crippen LogP contribution in [0.1, 0.15) is 23.7 Å². The largest absolute Gasteiger partial charge is 0.507 e. The predicted molar refractivity (Wildman–Crippen MR) is 113 cm³/mol. The van der Waals surface area contributed by atoms with Crippen molar-refractivity contribution in [1.29, 1.82) is 0 Å². The van der Waals surface area contributed by atoms with Gasteiger partial charge in [-0.05, 0) is 29.8 Å². The molecule has 0 saturated heterocycles. The van der Waals surface area contributed by atoms with Crippen LogP contribution < -0.4 is 19.6 Å². The summed E-state index contributed by atoms with van der Waals surface area (Å²) in [5.74, 6) is 0.297. The van der Waals surface area contributed by atoms with Gasteiger partial charge >= 0.3 is 5.97 Å². The molecule has 1 atom stereocenters. The molecular formula is C24H18O8. The summed E-state index contributed by atoms with van der Waals surface area (Å²) in [5, 5.41) is 10.6. The average molecular weight is 434 g/mol. The smallest absolute Gasteiger partial charge is 0.312 e. The van der Waals surface area contributed by atoms with Crippen molar-refractivity contribution in [2.24, 2.45) is 0 Å². The van der Waals surface area contributed by atoms with Gasteiger partial charge in [-0.1, -0.05) is 6.07 Å². The van der Waals surface area contributed by atoms with Gasteiger partial charge in [-0.3, -0.25) is 9.59 Å². The van der Waals surface area contributed by atoms with E-state index in [1.165, 1.54) is 32.8 Å². The van der Waals surface area contributed by atoms with E-state index in [4.69, 9.17) is 23.0 Å². The molecule has 4 aromatic rings. The van der Waals surface area contributed by atoms with Crippen molar-refractivity contribution in [3.8, 4) is 34.1 Å². The van der Waals surface area contributed by atoms with E-state index in [9.17, 15) is 14.7 Å². The van der Waals surface area contributed by atoms with Crippen LogP contribution in [-0.4, -0.2) is 25.3 Å². The molecule has 3 heterocycles. The fourth-order valence-electron chi connectivity index (χ4n) is 4.07. The monoisotopic (exact) mass is 434 g/mol. The summed E-state index contributed by atoms with van der Waals surface area (Å²) in [4.78, 5) is 25.6. The van der Waals surface area contributed by atoms with Gasteiger partial charge in [-0.25, -0.2) is 0 Å². The van der Waals surface area contributed by atoms with Crippen molar-refractivity contribution in [3.05, 3.63) is 70.5 Å². The van der Waals surface area contributed by atoms with Crippen LogP contribution in [0.3, 0.4) is 0 Å². The number of ether oxygens (including phenoxy) is 3. The molecule has 2 aromatic carbocycles. The molecular weight excluding hydrogens is 416 g/mol. The minimum Gasteiger partial charge on any atom is -0.507 e. The van der Waals surface area contributed by atoms with Crippen LogP contribution in [0.4, 0.5) is 0 Å². The van der Waals surface area contributed by atoms with E-state index >= 15 is 0 Å². The highest BCUT2D eigenvalue weighted by Crippen LogP contribution is 2.45. The molecule has 0 amide bonds. The number of benzene rings is 2. The van der Waals surface area contributed by atoms with Gasteiger partial charge in [0.15, 0.2) is 11.5 Å². The SMILES string of the molecule is COc1ccc(-c2coc3c4c(cc(O)c3c2=O)OC(=O)C[C@H]4c2ccco2)cc1OC. The third-order valence-corrected chi connectivity index (χ3v) is 5.55. The molecule has 1 N–H and O–H groups in total. The van der Waals surface area contributed by atoms with E-state index in [-0.39, 0.29) is 34.5 Å². The summed E-state index contributed by atoms with van der Waals surface area (Å²) in [6.45, 7) is 0. The molecule has 1 aliphatic heterocycles. The molecule has 162 valence electrons. The van der Waals surface area contributed by atoms with Crippen molar-refractivity contribution < 1.29 is 32.9 Å². The number of carbonyl (C=O) groups excluding carboxylic acids is 1. The molecule has 32 heavy (non-hydrogen) atoms. The number of rotatable bonds is 4. The van der Waals surface area contributed by atoms with Gasteiger partial charge in [0.25, 0.3) is 0 Å². The molecule has 0 spiro atoms. The van der Waals surface area contributed by atoms with E-state index in [0.29, 0.717) is 28.4 Å². The second-order valence-corrected chi connectivity index (χ2v) is 7.31. The quantitative estimate of drug-likeness (QED) is 0.376. The van der Waals surface area contributed by atoms with Crippen LogP contribution in [0.15, 0.2) is 62.6 Å². The zero-order valence-corrected chi connectivity index (χ0v) is 17.2. The Labute approximate surface area is 181 Å². The van der Waals surface area contributed by atoms with E-state index in [2.05, 4.69) is 0 Å². The first kappa shape index (κ1) is 19.7. The highest BCUT2D eigenvalue weighted by Gasteiger charge is 2.35. The number of furan rings is 1. The van der Waals surface area contributed by atoms with Crippen molar-refractivity contribution in [1.82, 2.24) is 0 Å². The van der Waals surface area contributed by atoms with Crippen molar-refractivity contribution in [2.75, 3.05) is 14.2 Å². The molecule has 1 aliphatic rings. The van der Waals surface area contributed by atoms with Crippen LogP contribution in [0.5, 0.6) is 23.0 Å². The van der Waals surface area contributed by atoms with Gasteiger partial charge < -0.3 is 28.2 Å². The maximum atomic E-state index is 13.4. The standard InChI is InChI=1S/C24H18O8/c1-28-17-6-5-12(8-18(17)29-2)14-11-31-24-21-13(16-4-3-7-30-16)9-20(26)32-19(21)10-15(25)22(24)23(14)27/h3-8,10-11,13,25H,9H2,1-2H3/t13-/m0/s1. The molecule has 0 aliphatic carbocycles. The highest BCUT2D eigenvalue weighted by atomic mass is 16.5. The van der Waals surface area contributed by atoms with Crippen LogP contribution in [0.2, 0.25) is 0 Å². The number of fused-ring (bicyclic) bond motifs is 3. The van der Waals surface area contributed by atoms with E-state index < -0.39 is 17.3 Å². The summed E-state index contributed by atoms with van der Waals surface area (Å²) >= 11 is 0. The molecule has 2 aromatic heterocycles. The minimum atomic E-state index is -0.514. The Morgan fingerprint density at radius 3 is 2.56 bits per heavy atom. The van der Waals surface area contributed by atoms with E-state index in [1.807, 2.05) is 0 Å².